The molecule has 0 unspecified atom stereocenters. The summed E-state index contributed by atoms with van der Waals surface area (Å²) >= 11 is 6.36. The first-order chi connectivity index (χ1) is 10.1. The van der Waals surface area contributed by atoms with Gasteiger partial charge in [0.05, 0.1) is 18.7 Å². The Kier molecular flexibility index (Phi) is 3.76. The van der Waals surface area contributed by atoms with Gasteiger partial charge in [-0.15, -0.1) is 0 Å². The van der Waals surface area contributed by atoms with Crippen molar-refractivity contribution in [3.8, 4) is 5.75 Å². The molecule has 1 atom stereocenters. The lowest BCUT2D eigenvalue weighted by molar-refractivity contribution is -0.134. The third-order valence-corrected chi connectivity index (χ3v) is 4.28. The fourth-order valence-electron chi connectivity index (χ4n) is 2.68. The molecule has 6 heteroatoms. The predicted molar refractivity (Wildman–Crippen MR) is 79.6 cm³/mol. The van der Waals surface area contributed by atoms with Crippen LogP contribution in [0.2, 0.25) is 5.02 Å². The van der Waals surface area contributed by atoms with E-state index in [1.54, 1.807) is 7.11 Å². The van der Waals surface area contributed by atoms with E-state index in [0.717, 1.165) is 18.8 Å². The highest BCUT2D eigenvalue weighted by molar-refractivity contribution is 6.32. The first-order valence-corrected chi connectivity index (χ1v) is 7.25. The average Bonchev–Trinajstić information content (AvgIpc) is 2.38. The largest absolute Gasteiger partial charge is 0.495 e. The maximum Gasteiger partial charge on any atom is 0.234 e. The van der Waals surface area contributed by atoms with Crippen LogP contribution in [0.15, 0.2) is 12.1 Å². The van der Waals surface area contributed by atoms with Crippen LogP contribution in [0.4, 0.5) is 5.69 Å². The van der Waals surface area contributed by atoms with E-state index in [0.29, 0.717) is 29.2 Å². The minimum absolute atomic E-state index is 0.230. The number of hydrogen-bond donors (Lipinski definition) is 1. The summed E-state index contributed by atoms with van der Waals surface area (Å²) in [4.78, 5) is 25.4. The maximum atomic E-state index is 12.0. The van der Waals surface area contributed by atoms with Gasteiger partial charge in [0.25, 0.3) is 0 Å². The third kappa shape index (κ3) is 2.58. The first kappa shape index (κ1) is 14.2. The number of carbonyl (C=O) groups excluding carboxylic acids is 2. The van der Waals surface area contributed by atoms with Crippen LogP contribution in [0.25, 0.3) is 0 Å². The predicted octanol–water partition coefficient (Wildman–Crippen LogP) is 1.89. The Morgan fingerprint density at radius 2 is 2.10 bits per heavy atom. The molecule has 1 radical (unpaired) electrons. The molecule has 2 aliphatic heterocycles. The van der Waals surface area contributed by atoms with Crippen LogP contribution in [0.3, 0.4) is 0 Å². The van der Waals surface area contributed by atoms with Crippen molar-refractivity contribution >= 4 is 29.1 Å². The molecular formula is C15H16ClN2O3. The lowest BCUT2D eigenvalue weighted by Gasteiger charge is -2.34. The molecule has 2 heterocycles. The van der Waals surface area contributed by atoms with Crippen molar-refractivity contribution in [2.45, 2.75) is 18.8 Å². The highest BCUT2D eigenvalue weighted by Crippen LogP contribution is 2.40. The van der Waals surface area contributed by atoms with Crippen molar-refractivity contribution in [3.63, 3.8) is 0 Å². The summed E-state index contributed by atoms with van der Waals surface area (Å²) < 4.78 is 5.43. The van der Waals surface area contributed by atoms with Crippen LogP contribution < -0.4 is 15.0 Å². The molecule has 1 aromatic rings. The van der Waals surface area contributed by atoms with Gasteiger partial charge in [0, 0.05) is 31.0 Å². The van der Waals surface area contributed by atoms with Gasteiger partial charge in [0.15, 0.2) is 0 Å². The van der Waals surface area contributed by atoms with Gasteiger partial charge in [-0.1, -0.05) is 11.6 Å². The van der Waals surface area contributed by atoms with E-state index in [1.807, 2.05) is 12.1 Å². The summed E-state index contributed by atoms with van der Waals surface area (Å²) in [5, 5.41) is 2.89. The molecule has 2 aliphatic rings. The number of rotatable bonds is 3. The Labute approximate surface area is 128 Å². The summed E-state index contributed by atoms with van der Waals surface area (Å²) in [6.45, 7) is 1.73. The molecule has 0 saturated carbocycles. The van der Waals surface area contributed by atoms with Crippen molar-refractivity contribution < 1.29 is 14.3 Å². The lowest BCUT2D eigenvalue weighted by atomic mass is 9.90. The topological polar surface area (TPSA) is 58.6 Å². The van der Waals surface area contributed by atoms with Gasteiger partial charge >= 0.3 is 0 Å². The number of halogens is 1. The molecule has 111 valence electrons. The summed E-state index contributed by atoms with van der Waals surface area (Å²) in [5.74, 6) is -0.222. The van der Waals surface area contributed by atoms with Gasteiger partial charge in [-0.25, -0.2) is 0 Å². The molecule has 1 N–H and O–H groups in total. The zero-order valence-corrected chi connectivity index (χ0v) is 12.4. The summed E-state index contributed by atoms with van der Waals surface area (Å²) in [7, 11) is 1.60. The molecule has 0 bridgehead atoms. The minimum atomic E-state index is -0.402. The molecule has 3 rings (SSSR count). The molecule has 2 amide bonds. The second-order valence-electron chi connectivity index (χ2n) is 5.24. The molecule has 0 spiro atoms. The highest BCUT2D eigenvalue weighted by Gasteiger charge is 2.31. The summed E-state index contributed by atoms with van der Waals surface area (Å²) in [6.07, 6.45) is 2.96. The van der Waals surface area contributed by atoms with Gasteiger partial charge in [0.1, 0.15) is 5.75 Å². The number of hydrogen-bond acceptors (Lipinski definition) is 4. The summed E-state index contributed by atoms with van der Waals surface area (Å²) in [5.41, 5.74) is 1.65. The number of nitrogens with one attached hydrogen (secondary N) is 1. The normalized spacial score (nSPS) is 21.8. The number of carbonyl (C=O) groups is 2. The monoisotopic (exact) mass is 307 g/mol. The fourth-order valence-corrected chi connectivity index (χ4v) is 2.97. The van der Waals surface area contributed by atoms with Gasteiger partial charge in [-0.2, -0.15) is 0 Å². The van der Waals surface area contributed by atoms with Gasteiger partial charge in [0.2, 0.25) is 11.8 Å². The molecule has 21 heavy (non-hydrogen) atoms. The van der Waals surface area contributed by atoms with Crippen molar-refractivity contribution in [2.24, 2.45) is 0 Å². The smallest absolute Gasteiger partial charge is 0.234 e. The summed E-state index contributed by atoms with van der Waals surface area (Å²) in [6, 6.07) is 3.66. The van der Waals surface area contributed by atoms with E-state index in [2.05, 4.69) is 16.6 Å². The van der Waals surface area contributed by atoms with Gasteiger partial charge < -0.3 is 9.64 Å². The van der Waals surface area contributed by atoms with Crippen molar-refractivity contribution in [3.05, 3.63) is 29.1 Å². The number of methoxy groups -OCH3 is 1. The number of anilines is 1. The SMILES string of the molecule is COc1cc([C@@H]2CCC(=O)NC2=O)c(Cl)cc1N1C[CH]C1. The van der Waals surface area contributed by atoms with E-state index >= 15 is 0 Å². The van der Waals surface area contributed by atoms with E-state index in [4.69, 9.17) is 16.3 Å². The van der Waals surface area contributed by atoms with Crippen LogP contribution in [0.5, 0.6) is 5.75 Å². The molecule has 5 nitrogen and oxygen atoms in total. The number of imide groups is 1. The Balaban J connectivity index is 1.95. The maximum absolute atomic E-state index is 12.0. The van der Waals surface area contributed by atoms with Crippen LogP contribution in [-0.4, -0.2) is 32.0 Å². The number of nitrogens with zero attached hydrogens (tertiary/aromatic N) is 1. The fraction of sp³-hybridized carbons (Fsp3) is 0.400. The quantitative estimate of drug-likeness (QED) is 0.867. The zero-order chi connectivity index (χ0) is 15.0. The lowest BCUT2D eigenvalue weighted by Crippen LogP contribution is -2.40. The standard InChI is InChI=1S/C15H16ClN2O3/c1-21-13-7-10(9-3-4-14(19)17-15(9)20)11(16)8-12(13)18-5-2-6-18/h2,7-9H,3-6H2,1H3,(H,17,19,20)/t9-/m0/s1. The number of benzene rings is 1. The van der Waals surface area contributed by atoms with E-state index in [-0.39, 0.29) is 11.8 Å². The molecule has 0 aromatic heterocycles. The van der Waals surface area contributed by atoms with Crippen LogP contribution in [0.1, 0.15) is 24.3 Å². The minimum Gasteiger partial charge on any atom is -0.495 e. The molecule has 2 fully saturated rings. The molecular weight excluding hydrogens is 292 g/mol. The molecule has 2 saturated heterocycles. The van der Waals surface area contributed by atoms with Crippen LogP contribution >= 0.6 is 11.6 Å². The Morgan fingerprint density at radius 3 is 2.67 bits per heavy atom. The van der Waals surface area contributed by atoms with E-state index < -0.39 is 5.92 Å². The first-order valence-electron chi connectivity index (χ1n) is 6.88. The highest BCUT2D eigenvalue weighted by atomic mass is 35.5. The van der Waals surface area contributed by atoms with Crippen LogP contribution in [-0.2, 0) is 9.59 Å². The van der Waals surface area contributed by atoms with Crippen molar-refractivity contribution in [1.82, 2.24) is 5.32 Å². The van der Waals surface area contributed by atoms with E-state index in [9.17, 15) is 9.59 Å². The Morgan fingerprint density at radius 1 is 1.33 bits per heavy atom. The van der Waals surface area contributed by atoms with E-state index in [1.165, 1.54) is 0 Å². The average molecular weight is 308 g/mol. The number of ether oxygens (including phenoxy) is 1. The number of piperidine rings is 1. The Bertz CT molecular complexity index is 599. The van der Waals surface area contributed by atoms with Crippen molar-refractivity contribution in [1.29, 1.82) is 0 Å². The molecule has 0 aliphatic carbocycles. The van der Waals surface area contributed by atoms with Crippen LogP contribution in [0, 0.1) is 6.42 Å². The third-order valence-electron chi connectivity index (χ3n) is 3.95. The zero-order valence-electron chi connectivity index (χ0n) is 11.7. The second kappa shape index (κ2) is 5.56. The van der Waals surface area contributed by atoms with Crippen molar-refractivity contribution in [2.75, 3.05) is 25.1 Å². The van der Waals surface area contributed by atoms with Gasteiger partial charge in [-0.3, -0.25) is 14.9 Å². The number of amides is 2. The Hall–Kier alpha value is -1.75. The van der Waals surface area contributed by atoms with Gasteiger partial charge in [-0.05, 0) is 24.1 Å². The molecule has 1 aromatic carbocycles. The second-order valence-corrected chi connectivity index (χ2v) is 5.65.